The number of nitrogens with zero attached hydrogens (tertiary/aromatic N) is 4. The van der Waals surface area contributed by atoms with E-state index in [0.29, 0.717) is 41.7 Å². The van der Waals surface area contributed by atoms with E-state index in [1.165, 1.54) is 0 Å². The second-order valence-electron chi connectivity index (χ2n) is 5.56. The van der Waals surface area contributed by atoms with Crippen LogP contribution in [0.25, 0.3) is 11.5 Å². The minimum absolute atomic E-state index is 0.185. The van der Waals surface area contributed by atoms with Gasteiger partial charge in [0.15, 0.2) is 11.5 Å². The Bertz CT molecular complexity index is 935. The number of nitriles is 1. The van der Waals surface area contributed by atoms with Crippen molar-refractivity contribution in [3.8, 4) is 23.4 Å². The Morgan fingerprint density at radius 1 is 1.40 bits per heavy atom. The average Bonchev–Trinajstić information content (AvgIpc) is 3.28. The van der Waals surface area contributed by atoms with E-state index in [2.05, 4.69) is 15.2 Å². The summed E-state index contributed by atoms with van der Waals surface area (Å²) in [7, 11) is 0. The van der Waals surface area contributed by atoms with Crippen LogP contribution in [0, 0.1) is 11.3 Å². The summed E-state index contributed by atoms with van der Waals surface area (Å²) in [6, 6.07) is 10.6. The van der Waals surface area contributed by atoms with Crippen molar-refractivity contribution in [2.45, 2.75) is 6.10 Å². The van der Waals surface area contributed by atoms with Crippen LogP contribution >= 0.6 is 0 Å². The molecule has 0 atom stereocenters. The van der Waals surface area contributed by atoms with Gasteiger partial charge in [-0.2, -0.15) is 10.4 Å². The first-order chi connectivity index (χ1) is 12.2. The molecule has 1 aliphatic heterocycles. The van der Waals surface area contributed by atoms with Crippen LogP contribution in [0.5, 0.6) is 5.88 Å². The first-order valence-corrected chi connectivity index (χ1v) is 7.65. The lowest BCUT2D eigenvalue weighted by Gasteiger charge is -2.38. The van der Waals surface area contributed by atoms with E-state index in [9.17, 15) is 4.79 Å². The standard InChI is InChI=1S/C17H13N5O3/c18-8-11-3-1-5-19-16(11)25-12-9-22(10-12)17(23)14-7-13(20-21-14)15-4-2-6-24-15/h1-7,12H,9-10H2,(H,20,21). The van der Waals surface area contributed by atoms with Gasteiger partial charge in [-0.3, -0.25) is 9.89 Å². The molecule has 0 spiro atoms. The zero-order valence-electron chi connectivity index (χ0n) is 13.0. The number of ether oxygens (including phenoxy) is 1. The minimum Gasteiger partial charge on any atom is -0.470 e. The van der Waals surface area contributed by atoms with Crippen LogP contribution in [-0.2, 0) is 0 Å². The van der Waals surface area contributed by atoms with E-state index in [4.69, 9.17) is 14.4 Å². The molecule has 0 bridgehead atoms. The highest BCUT2D eigenvalue weighted by molar-refractivity contribution is 5.93. The topological polar surface area (TPSA) is 108 Å². The normalized spacial score (nSPS) is 14.0. The Balaban J connectivity index is 1.38. The number of aromatic nitrogens is 3. The number of hydrogen-bond acceptors (Lipinski definition) is 6. The summed E-state index contributed by atoms with van der Waals surface area (Å²) < 4.78 is 11.0. The molecule has 4 rings (SSSR count). The Labute approximate surface area is 142 Å². The third-order valence-corrected chi connectivity index (χ3v) is 3.89. The molecule has 3 aromatic rings. The van der Waals surface area contributed by atoms with Crippen molar-refractivity contribution >= 4 is 5.91 Å². The molecule has 1 N–H and O–H groups in total. The molecule has 0 unspecified atom stereocenters. The van der Waals surface area contributed by atoms with Crippen molar-refractivity contribution < 1.29 is 13.9 Å². The monoisotopic (exact) mass is 335 g/mol. The van der Waals surface area contributed by atoms with Crippen LogP contribution in [0.1, 0.15) is 16.1 Å². The lowest BCUT2D eigenvalue weighted by Crippen LogP contribution is -2.56. The fraction of sp³-hybridized carbons (Fsp3) is 0.176. The summed E-state index contributed by atoms with van der Waals surface area (Å²) in [5.74, 6) is 0.730. The molecule has 0 aliphatic carbocycles. The maximum atomic E-state index is 12.4. The number of likely N-dealkylation sites (tertiary alicyclic amines) is 1. The van der Waals surface area contributed by atoms with Gasteiger partial charge in [-0.25, -0.2) is 4.98 Å². The van der Waals surface area contributed by atoms with Crippen LogP contribution < -0.4 is 4.74 Å². The number of aromatic amines is 1. The smallest absolute Gasteiger partial charge is 0.274 e. The Morgan fingerprint density at radius 2 is 2.28 bits per heavy atom. The number of rotatable bonds is 4. The summed E-state index contributed by atoms with van der Waals surface area (Å²) in [4.78, 5) is 18.1. The number of H-pyrrole nitrogens is 1. The van der Waals surface area contributed by atoms with Crippen molar-refractivity contribution in [3.05, 3.63) is 54.0 Å². The molecule has 4 heterocycles. The molecule has 3 aromatic heterocycles. The van der Waals surface area contributed by atoms with Gasteiger partial charge in [-0.05, 0) is 24.3 Å². The van der Waals surface area contributed by atoms with Gasteiger partial charge in [0.1, 0.15) is 23.4 Å². The number of carbonyl (C=O) groups is 1. The van der Waals surface area contributed by atoms with Crippen LogP contribution in [-0.4, -0.2) is 45.2 Å². The molecule has 1 amide bonds. The highest BCUT2D eigenvalue weighted by atomic mass is 16.5. The molecule has 8 nitrogen and oxygen atoms in total. The third kappa shape index (κ3) is 2.83. The molecule has 25 heavy (non-hydrogen) atoms. The Hall–Kier alpha value is -3.60. The van der Waals surface area contributed by atoms with Gasteiger partial charge in [0.25, 0.3) is 5.91 Å². The fourth-order valence-corrected chi connectivity index (χ4v) is 2.56. The van der Waals surface area contributed by atoms with E-state index in [-0.39, 0.29) is 12.0 Å². The van der Waals surface area contributed by atoms with Crippen LogP contribution in [0.15, 0.2) is 47.2 Å². The van der Waals surface area contributed by atoms with Gasteiger partial charge in [0, 0.05) is 12.3 Å². The largest absolute Gasteiger partial charge is 0.470 e. The van der Waals surface area contributed by atoms with Crippen molar-refractivity contribution in [3.63, 3.8) is 0 Å². The average molecular weight is 335 g/mol. The van der Waals surface area contributed by atoms with E-state index < -0.39 is 0 Å². The molecular formula is C17H13N5O3. The van der Waals surface area contributed by atoms with Gasteiger partial charge in [-0.1, -0.05) is 0 Å². The Morgan fingerprint density at radius 3 is 3.04 bits per heavy atom. The van der Waals surface area contributed by atoms with Crippen LogP contribution in [0.3, 0.4) is 0 Å². The second-order valence-corrected chi connectivity index (χ2v) is 5.56. The molecule has 0 saturated carbocycles. The number of pyridine rings is 1. The van der Waals surface area contributed by atoms with E-state index >= 15 is 0 Å². The predicted octanol–water partition coefficient (Wildman–Crippen LogP) is 1.84. The highest BCUT2D eigenvalue weighted by Crippen LogP contribution is 2.22. The number of amides is 1. The van der Waals surface area contributed by atoms with E-state index in [0.717, 1.165) is 0 Å². The predicted molar refractivity (Wildman–Crippen MR) is 85.6 cm³/mol. The zero-order valence-corrected chi connectivity index (χ0v) is 13.0. The van der Waals surface area contributed by atoms with Gasteiger partial charge in [0.05, 0.1) is 19.4 Å². The van der Waals surface area contributed by atoms with E-state index in [1.807, 2.05) is 6.07 Å². The van der Waals surface area contributed by atoms with Gasteiger partial charge < -0.3 is 14.1 Å². The molecule has 0 aromatic carbocycles. The summed E-state index contributed by atoms with van der Waals surface area (Å²) in [6.07, 6.45) is 2.94. The summed E-state index contributed by atoms with van der Waals surface area (Å²) in [5.41, 5.74) is 1.34. The SMILES string of the molecule is N#Cc1cccnc1OC1CN(C(=O)c2cc(-c3ccco3)[nH]n2)C1. The van der Waals surface area contributed by atoms with Crippen molar-refractivity contribution in [2.24, 2.45) is 0 Å². The van der Waals surface area contributed by atoms with Gasteiger partial charge in [-0.15, -0.1) is 0 Å². The van der Waals surface area contributed by atoms with Gasteiger partial charge >= 0.3 is 0 Å². The molecule has 1 fully saturated rings. The molecule has 1 saturated heterocycles. The quantitative estimate of drug-likeness (QED) is 0.779. The zero-order chi connectivity index (χ0) is 17.2. The van der Waals surface area contributed by atoms with Crippen molar-refractivity contribution in [1.82, 2.24) is 20.1 Å². The molecular weight excluding hydrogens is 322 g/mol. The number of hydrogen-bond donors (Lipinski definition) is 1. The maximum Gasteiger partial charge on any atom is 0.274 e. The van der Waals surface area contributed by atoms with E-state index in [1.54, 1.807) is 47.7 Å². The molecule has 8 heteroatoms. The minimum atomic E-state index is -0.186. The molecule has 1 aliphatic rings. The first kappa shape index (κ1) is 15.0. The lowest BCUT2D eigenvalue weighted by molar-refractivity contribution is 0.0154. The summed E-state index contributed by atoms with van der Waals surface area (Å²) >= 11 is 0. The maximum absolute atomic E-state index is 12.4. The van der Waals surface area contributed by atoms with Crippen molar-refractivity contribution in [1.29, 1.82) is 5.26 Å². The van der Waals surface area contributed by atoms with Gasteiger partial charge in [0.2, 0.25) is 5.88 Å². The number of furan rings is 1. The number of nitrogens with one attached hydrogen (secondary N) is 1. The highest BCUT2D eigenvalue weighted by Gasteiger charge is 2.34. The van der Waals surface area contributed by atoms with Crippen LogP contribution in [0.2, 0.25) is 0 Å². The fourth-order valence-electron chi connectivity index (χ4n) is 2.56. The first-order valence-electron chi connectivity index (χ1n) is 7.65. The molecule has 124 valence electrons. The Kier molecular flexibility index (Phi) is 3.67. The summed E-state index contributed by atoms with van der Waals surface area (Å²) in [5, 5.41) is 15.9. The van der Waals surface area contributed by atoms with Crippen molar-refractivity contribution in [2.75, 3.05) is 13.1 Å². The third-order valence-electron chi connectivity index (χ3n) is 3.89. The number of carbonyl (C=O) groups excluding carboxylic acids is 1. The van der Waals surface area contributed by atoms with Crippen LogP contribution in [0.4, 0.5) is 0 Å². The second kappa shape index (κ2) is 6.13. The lowest BCUT2D eigenvalue weighted by atomic mass is 10.1. The molecule has 0 radical (unpaired) electrons. The summed E-state index contributed by atoms with van der Waals surface area (Å²) in [6.45, 7) is 0.840.